The number of hydrogen-bond acceptors (Lipinski definition) is 4. The molecule has 0 atom stereocenters. The zero-order valence-electron chi connectivity index (χ0n) is 27.9. The van der Waals surface area contributed by atoms with E-state index in [-0.39, 0.29) is 0 Å². The monoisotopic (exact) mass is 605 g/mol. The number of allylic oxidation sites excluding steroid dienone is 1. The van der Waals surface area contributed by atoms with E-state index < -0.39 is 0 Å². The zero-order valence-corrected chi connectivity index (χ0v) is 28.8. The van der Waals surface area contributed by atoms with Crippen LogP contribution in [0.4, 0.5) is 11.4 Å². The molecular formula is C40H51N3S. The van der Waals surface area contributed by atoms with Crippen LogP contribution < -0.4 is 10.0 Å². The molecule has 0 saturated carbocycles. The number of fused-ring (bicyclic) bond motifs is 1. The van der Waals surface area contributed by atoms with E-state index in [0.29, 0.717) is 5.41 Å². The van der Waals surface area contributed by atoms with Gasteiger partial charge in [0.15, 0.2) is 0 Å². The number of hydrogen-bond donors (Lipinski definition) is 2. The summed E-state index contributed by atoms with van der Waals surface area (Å²) in [7, 11) is 0. The number of thiol groups is 1. The molecule has 4 aromatic rings. The maximum absolute atomic E-state index is 4.96. The minimum absolute atomic E-state index is 0.542. The van der Waals surface area contributed by atoms with Gasteiger partial charge in [-0.05, 0) is 109 Å². The number of rotatable bonds is 3. The van der Waals surface area contributed by atoms with Crippen LogP contribution in [0.15, 0.2) is 86.2 Å². The van der Waals surface area contributed by atoms with Crippen molar-refractivity contribution in [3.63, 3.8) is 0 Å². The number of benzene rings is 3. The second-order valence-corrected chi connectivity index (χ2v) is 12.6. The van der Waals surface area contributed by atoms with Gasteiger partial charge in [-0.1, -0.05) is 78.0 Å². The first-order valence-corrected chi connectivity index (χ1v) is 16.2. The number of aromatic nitrogens is 1. The zero-order chi connectivity index (χ0) is 32.6. The SMILES string of the molecule is C=C.C=C1C=Cc2c(cc(C)c(CC)c2-c2ccc3c4c(ccnc24)CCC3)N1c1cccc(C)c1.CCC(C)(C)C.NS. The highest BCUT2D eigenvalue weighted by molar-refractivity contribution is 7.77. The van der Waals surface area contributed by atoms with Crippen molar-refractivity contribution in [1.82, 2.24) is 4.98 Å². The number of nitrogens with two attached hydrogens (primary N) is 1. The third kappa shape index (κ3) is 7.36. The molecule has 0 bridgehead atoms. The Balaban J connectivity index is 0.000000469. The smallest absolute Gasteiger partial charge is 0.0786 e. The van der Waals surface area contributed by atoms with Crippen molar-refractivity contribution in [2.24, 2.45) is 10.6 Å². The van der Waals surface area contributed by atoms with E-state index in [1.165, 1.54) is 68.4 Å². The normalized spacial score (nSPS) is 13.1. The molecule has 0 fully saturated rings. The van der Waals surface area contributed by atoms with Crippen LogP contribution in [0.3, 0.4) is 0 Å². The standard InChI is InChI=1S/C32H30N2.C6H14.C2H4.H3NS/c1-5-26-21(3)19-29-27(14-12-22(4)34(29)25-11-6-8-20(2)18-25)31(26)28-15-13-23-9-7-10-24-16-17-33-32(28)30(23)24;1-5-6(2,3)4;2*1-2/h6,8,11-19H,4-5,7,9-10H2,1-3H3;5H2,1-4H3;1-2H2;2H,1H2. The minimum atomic E-state index is 0.542. The van der Waals surface area contributed by atoms with Gasteiger partial charge in [0.05, 0.1) is 11.2 Å². The molecule has 0 spiro atoms. The third-order valence-electron chi connectivity index (χ3n) is 8.55. The molecule has 1 aliphatic carbocycles. The van der Waals surface area contributed by atoms with E-state index in [1.807, 2.05) is 6.20 Å². The van der Waals surface area contributed by atoms with Crippen molar-refractivity contribution < 1.29 is 0 Å². The molecule has 2 aliphatic rings. The fourth-order valence-corrected chi connectivity index (χ4v) is 5.95. The Hall–Kier alpha value is -3.60. The van der Waals surface area contributed by atoms with Crippen molar-refractivity contribution in [2.75, 3.05) is 4.90 Å². The summed E-state index contributed by atoms with van der Waals surface area (Å²) in [6.45, 7) is 26.0. The van der Waals surface area contributed by atoms with Gasteiger partial charge in [0.2, 0.25) is 0 Å². The summed E-state index contributed by atoms with van der Waals surface area (Å²) in [6, 6.07) is 17.9. The van der Waals surface area contributed by atoms with E-state index in [1.54, 1.807) is 0 Å². The molecule has 0 amide bonds. The van der Waals surface area contributed by atoms with E-state index >= 15 is 0 Å². The van der Waals surface area contributed by atoms with Gasteiger partial charge in [0.25, 0.3) is 0 Å². The first kappa shape index (κ1) is 34.9. The van der Waals surface area contributed by atoms with Crippen molar-refractivity contribution in [3.8, 4) is 11.1 Å². The first-order valence-electron chi connectivity index (χ1n) is 15.7. The van der Waals surface area contributed by atoms with Crippen LogP contribution >= 0.6 is 12.8 Å². The Morgan fingerprint density at radius 2 is 1.59 bits per heavy atom. The molecule has 6 rings (SSSR count). The van der Waals surface area contributed by atoms with Crippen LogP contribution in [0.25, 0.3) is 28.1 Å². The third-order valence-corrected chi connectivity index (χ3v) is 8.55. The van der Waals surface area contributed by atoms with Gasteiger partial charge in [-0.3, -0.25) is 10.1 Å². The highest BCUT2D eigenvalue weighted by Crippen LogP contribution is 2.46. The van der Waals surface area contributed by atoms with Gasteiger partial charge in [-0.25, -0.2) is 0 Å². The summed E-state index contributed by atoms with van der Waals surface area (Å²) >= 11 is 3.03. The molecule has 0 unspecified atom stereocenters. The maximum atomic E-state index is 4.96. The van der Waals surface area contributed by atoms with Gasteiger partial charge in [0.1, 0.15) is 0 Å². The molecule has 0 radical (unpaired) electrons. The largest absolute Gasteiger partial charge is 0.310 e. The summed E-state index contributed by atoms with van der Waals surface area (Å²) in [4.78, 5) is 7.27. The van der Waals surface area contributed by atoms with Crippen LogP contribution in [-0.2, 0) is 19.3 Å². The van der Waals surface area contributed by atoms with Crippen LogP contribution in [0.5, 0.6) is 0 Å². The lowest BCUT2D eigenvalue weighted by Crippen LogP contribution is -2.19. The maximum Gasteiger partial charge on any atom is 0.0786 e. The lowest BCUT2D eigenvalue weighted by molar-refractivity contribution is 0.398. The van der Waals surface area contributed by atoms with Gasteiger partial charge < -0.3 is 4.90 Å². The number of anilines is 2. The Labute approximate surface area is 272 Å². The number of aryl methyl sites for hydroxylation is 4. The summed E-state index contributed by atoms with van der Waals surface area (Å²) in [5.41, 5.74) is 15.7. The predicted molar refractivity (Wildman–Crippen MR) is 199 cm³/mol. The minimum Gasteiger partial charge on any atom is -0.310 e. The highest BCUT2D eigenvalue weighted by atomic mass is 32.1. The average molecular weight is 606 g/mol. The van der Waals surface area contributed by atoms with Gasteiger partial charge >= 0.3 is 0 Å². The van der Waals surface area contributed by atoms with Crippen LogP contribution in [0.1, 0.15) is 80.8 Å². The summed E-state index contributed by atoms with van der Waals surface area (Å²) in [5.74, 6) is 0. The van der Waals surface area contributed by atoms with E-state index in [4.69, 9.17) is 4.98 Å². The molecule has 4 heteroatoms. The van der Waals surface area contributed by atoms with Crippen LogP contribution in [0.2, 0.25) is 0 Å². The van der Waals surface area contributed by atoms with Crippen molar-refractivity contribution in [3.05, 3.63) is 120 Å². The van der Waals surface area contributed by atoms with E-state index in [9.17, 15) is 0 Å². The molecule has 2 heterocycles. The number of nitrogens with zero attached hydrogens (tertiary/aromatic N) is 2. The second kappa shape index (κ2) is 15.4. The molecule has 2 N–H and O–H groups in total. The fourth-order valence-electron chi connectivity index (χ4n) is 5.95. The van der Waals surface area contributed by atoms with Gasteiger partial charge in [-0.15, -0.1) is 26.0 Å². The number of pyridine rings is 1. The highest BCUT2D eigenvalue weighted by Gasteiger charge is 2.26. The Morgan fingerprint density at radius 1 is 0.932 bits per heavy atom. The van der Waals surface area contributed by atoms with Crippen molar-refractivity contribution in [1.29, 1.82) is 0 Å². The van der Waals surface area contributed by atoms with E-state index in [2.05, 4.69) is 152 Å². The summed E-state index contributed by atoms with van der Waals surface area (Å²) in [5, 5.41) is 5.57. The van der Waals surface area contributed by atoms with Crippen molar-refractivity contribution >= 4 is 41.2 Å². The molecule has 0 saturated heterocycles. The molecule has 1 aliphatic heterocycles. The Kier molecular flexibility index (Phi) is 12.2. The van der Waals surface area contributed by atoms with Crippen LogP contribution in [0, 0.1) is 19.3 Å². The lowest BCUT2D eigenvalue weighted by Gasteiger charge is -2.33. The summed E-state index contributed by atoms with van der Waals surface area (Å²) < 4.78 is 0. The topological polar surface area (TPSA) is 42.2 Å². The quantitative estimate of drug-likeness (QED) is 0.180. The molecule has 1 aromatic heterocycles. The molecule has 44 heavy (non-hydrogen) atoms. The van der Waals surface area contributed by atoms with E-state index in [0.717, 1.165) is 36.2 Å². The molecule has 3 nitrogen and oxygen atoms in total. The van der Waals surface area contributed by atoms with Gasteiger partial charge in [-0.2, -0.15) is 0 Å². The Morgan fingerprint density at radius 3 is 2.20 bits per heavy atom. The predicted octanol–water partition coefficient (Wildman–Crippen LogP) is 11.3. The second-order valence-electron chi connectivity index (χ2n) is 12.6. The first-order chi connectivity index (χ1) is 21.1. The van der Waals surface area contributed by atoms with Gasteiger partial charge in [0, 0.05) is 34.1 Å². The molecule has 232 valence electrons. The summed E-state index contributed by atoms with van der Waals surface area (Å²) in [6.07, 6.45) is 12.2. The van der Waals surface area contributed by atoms with Crippen molar-refractivity contribution in [2.45, 2.75) is 80.6 Å². The fraction of sp³-hybridized carbons (Fsp3) is 0.325. The average Bonchev–Trinajstić information content (AvgIpc) is 3.03. The molecular weight excluding hydrogens is 555 g/mol. The molecule has 3 aromatic carbocycles. The van der Waals surface area contributed by atoms with Crippen LogP contribution in [-0.4, -0.2) is 4.98 Å². The lowest BCUT2D eigenvalue weighted by atomic mass is 9.83. The Bertz CT molecular complexity index is 1630.